The summed E-state index contributed by atoms with van der Waals surface area (Å²) in [4.78, 5) is 13.7. The van der Waals surface area contributed by atoms with Crippen LogP contribution in [0.5, 0.6) is 0 Å². The summed E-state index contributed by atoms with van der Waals surface area (Å²) in [7, 11) is 1.82. The molecule has 1 aromatic carbocycles. The maximum absolute atomic E-state index is 11.1. The number of hydrogen-bond acceptors (Lipinski definition) is 5. The van der Waals surface area contributed by atoms with Crippen LogP contribution in [0.4, 0.5) is 11.4 Å². The number of rotatable bonds is 5. The van der Waals surface area contributed by atoms with Gasteiger partial charge in [0, 0.05) is 18.0 Å². The summed E-state index contributed by atoms with van der Waals surface area (Å²) in [5.41, 5.74) is 1.11. The van der Waals surface area contributed by atoms with Crippen LogP contribution in [0.15, 0.2) is 35.7 Å². The Hall–Kier alpha value is -1.92. The first-order valence-electron chi connectivity index (χ1n) is 5.73. The minimum absolute atomic E-state index is 0.0191. The van der Waals surface area contributed by atoms with E-state index in [9.17, 15) is 10.1 Å². The summed E-state index contributed by atoms with van der Waals surface area (Å²) in [6, 6.07) is 8.75. The molecule has 1 heterocycles. The molecule has 0 saturated carbocycles. The summed E-state index contributed by atoms with van der Waals surface area (Å²) >= 11 is 1.62. The molecule has 0 aliphatic carbocycles. The van der Waals surface area contributed by atoms with Crippen molar-refractivity contribution in [2.24, 2.45) is 0 Å². The van der Waals surface area contributed by atoms with Crippen LogP contribution < -0.4 is 4.90 Å². The first kappa shape index (κ1) is 13.5. The van der Waals surface area contributed by atoms with Crippen molar-refractivity contribution in [3.05, 3.63) is 56.3 Å². The van der Waals surface area contributed by atoms with Crippen molar-refractivity contribution < 1.29 is 10.0 Å². The quantitative estimate of drug-likeness (QED) is 0.674. The zero-order chi connectivity index (χ0) is 13.8. The molecule has 0 saturated heterocycles. The van der Waals surface area contributed by atoms with Gasteiger partial charge in [0.15, 0.2) is 0 Å². The normalized spacial score (nSPS) is 10.4. The molecule has 0 unspecified atom stereocenters. The highest BCUT2D eigenvalue weighted by Crippen LogP contribution is 2.30. The van der Waals surface area contributed by atoms with Gasteiger partial charge < -0.3 is 10.0 Å². The highest BCUT2D eigenvalue weighted by Gasteiger charge is 2.18. The van der Waals surface area contributed by atoms with Crippen LogP contribution in [-0.4, -0.2) is 17.1 Å². The molecule has 0 radical (unpaired) electrons. The van der Waals surface area contributed by atoms with Gasteiger partial charge in [-0.05, 0) is 23.1 Å². The Morgan fingerprint density at radius 1 is 1.42 bits per heavy atom. The molecule has 19 heavy (non-hydrogen) atoms. The standard InChI is InChI=1S/C13H14N2O3S/c1-14(8-11-3-2-6-19-11)12-5-4-10(9-16)7-13(12)15(17)18/h2-7,16H,8-9H2,1H3. The highest BCUT2D eigenvalue weighted by atomic mass is 32.1. The predicted molar refractivity (Wildman–Crippen MR) is 75.4 cm³/mol. The highest BCUT2D eigenvalue weighted by molar-refractivity contribution is 7.09. The number of nitrogens with zero attached hydrogens (tertiary/aromatic N) is 2. The smallest absolute Gasteiger partial charge is 0.292 e. The molecule has 0 aliphatic rings. The molecule has 100 valence electrons. The second-order valence-corrected chi connectivity index (χ2v) is 5.21. The molecule has 0 aliphatic heterocycles. The van der Waals surface area contributed by atoms with E-state index in [1.54, 1.807) is 23.5 Å². The largest absolute Gasteiger partial charge is 0.392 e. The lowest BCUT2D eigenvalue weighted by Gasteiger charge is -2.18. The lowest BCUT2D eigenvalue weighted by Crippen LogP contribution is -2.17. The Balaban J connectivity index is 2.30. The summed E-state index contributed by atoms with van der Waals surface area (Å²) in [5, 5.41) is 22.1. The fraction of sp³-hybridized carbons (Fsp3) is 0.231. The van der Waals surface area contributed by atoms with E-state index in [0.717, 1.165) is 4.88 Å². The van der Waals surface area contributed by atoms with Gasteiger partial charge in [-0.15, -0.1) is 11.3 Å². The van der Waals surface area contributed by atoms with Crippen LogP contribution in [0, 0.1) is 10.1 Å². The van der Waals surface area contributed by atoms with Crippen LogP contribution in [0.25, 0.3) is 0 Å². The van der Waals surface area contributed by atoms with Gasteiger partial charge in [-0.3, -0.25) is 10.1 Å². The Bertz CT molecular complexity index is 569. The molecular formula is C13H14N2O3S. The van der Waals surface area contributed by atoms with Crippen LogP contribution in [0.1, 0.15) is 10.4 Å². The second-order valence-electron chi connectivity index (χ2n) is 4.17. The maximum Gasteiger partial charge on any atom is 0.292 e. The fourth-order valence-electron chi connectivity index (χ4n) is 1.86. The number of nitro groups is 1. The number of hydrogen-bond donors (Lipinski definition) is 1. The molecule has 0 atom stereocenters. The first-order valence-corrected chi connectivity index (χ1v) is 6.61. The van der Waals surface area contributed by atoms with Crippen molar-refractivity contribution >= 4 is 22.7 Å². The van der Waals surface area contributed by atoms with Gasteiger partial charge in [0.05, 0.1) is 18.1 Å². The van der Waals surface area contributed by atoms with Gasteiger partial charge in [0.2, 0.25) is 0 Å². The Morgan fingerprint density at radius 2 is 2.21 bits per heavy atom. The van der Waals surface area contributed by atoms with E-state index < -0.39 is 4.92 Å². The predicted octanol–water partition coefficient (Wildman–Crippen LogP) is 2.79. The molecule has 6 heteroatoms. The molecule has 0 amide bonds. The zero-order valence-corrected chi connectivity index (χ0v) is 11.3. The molecular weight excluding hydrogens is 264 g/mol. The third-order valence-electron chi connectivity index (χ3n) is 2.80. The summed E-state index contributed by atoms with van der Waals surface area (Å²) in [6.45, 7) is 0.423. The van der Waals surface area contributed by atoms with Crippen LogP contribution in [0.3, 0.4) is 0 Å². The second kappa shape index (κ2) is 5.81. The van der Waals surface area contributed by atoms with Gasteiger partial charge in [-0.25, -0.2) is 0 Å². The van der Waals surface area contributed by atoms with E-state index in [4.69, 9.17) is 5.11 Å². The van der Waals surface area contributed by atoms with E-state index in [-0.39, 0.29) is 12.3 Å². The number of aliphatic hydroxyl groups excluding tert-OH is 1. The molecule has 1 aromatic heterocycles. The third kappa shape index (κ3) is 3.10. The summed E-state index contributed by atoms with van der Waals surface area (Å²) in [5.74, 6) is 0. The lowest BCUT2D eigenvalue weighted by atomic mass is 10.1. The van der Waals surface area contributed by atoms with Crippen molar-refractivity contribution in [3.63, 3.8) is 0 Å². The summed E-state index contributed by atoms with van der Waals surface area (Å²) in [6.07, 6.45) is 0. The molecule has 2 rings (SSSR count). The van der Waals surface area contributed by atoms with Crippen LogP contribution in [-0.2, 0) is 13.2 Å². The SMILES string of the molecule is CN(Cc1cccs1)c1ccc(CO)cc1[N+](=O)[O-]. The molecule has 2 aromatic rings. The summed E-state index contributed by atoms with van der Waals surface area (Å²) < 4.78 is 0. The van der Waals surface area contributed by atoms with E-state index in [1.165, 1.54) is 6.07 Å². The van der Waals surface area contributed by atoms with Crippen molar-refractivity contribution in [1.82, 2.24) is 0 Å². The Morgan fingerprint density at radius 3 is 2.79 bits per heavy atom. The Kier molecular flexibility index (Phi) is 4.13. The zero-order valence-electron chi connectivity index (χ0n) is 10.4. The van der Waals surface area contributed by atoms with Crippen molar-refractivity contribution in [3.8, 4) is 0 Å². The van der Waals surface area contributed by atoms with Gasteiger partial charge in [-0.2, -0.15) is 0 Å². The van der Waals surface area contributed by atoms with Crippen molar-refractivity contribution in [2.75, 3.05) is 11.9 Å². The molecule has 0 spiro atoms. The number of aliphatic hydroxyl groups is 1. The lowest BCUT2D eigenvalue weighted by molar-refractivity contribution is -0.384. The number of nitro benzene ring substituents is 1. The number of anilines is 1. The van der Waals surface area contributed by atoms with Gasteiger partial charge in [-0.1, -0.05) is 12.1 Å². The fourth-order valence-corrected chi connectivity index (χ4v) is 2.62. The first-order chi connectivity index (χ1) is 9.11. The number of benzene rings is 1. The van der Waals surface area contributed by atoms with E-state index in [1.807, 2.05) is 29.5 Å². The average Bonchev–Trinajstić information content (AvgIpc) is 2.90. The molecule has 0 bridgehead atoms. The van der Waals surface area contributed by atoms with E-state index in [0.29, 0.717) is 17.8 Å². The monoisotopic (exact) mass is 278 g/mol. The van der Waals surface area contributed by atoms with Gasteiger partial charge in [0.1, 0.15) is 5.69 Å². The molecule has 0 fully saturated rings. The molecule has 1 N–H and O–H groups in total. The average molecular weight is 278 g/mol. The minimum Gasteiger partial charge on any atom is -0.392 e. The van der Waals surface area contributed by atoms with Crippen molar-refractivity contribution in [1.29, 1.82) is 0 Å². The topological polar surface area (TPSA) is 66.6 Å². The van der Waals surface area contributed by atoms with E-state index >= 15 is 0 Å². The molecule has 5 nitrogen and oxygen atoms in total. The van der Waals surface area contributed by atoms with Crippen LogP contribution >= 0.6 is 11.3 Å². The van der Waals surface area contributed by atoms with Crippen molar-refractivity contribution in [2.45, 2.75) is 13.2 Å². The van der Waals surface area contributed by atoms with Gasteiger partial charge >= 0.3 is 0 Å². The van der Waals surface area contributed by atoms with Crippen LogP contribution in [0.2, 0.25) is 0 Å². The van der Waals surface area contributed by atoms with E-state index in [2.05, 4.69) is 0 Å². The van der Waals surface area contributed by atoms with Gasteiger partial charge in [0.25, 0.3) is 5.69 Å². The maximum atomic E-state index is 11.1. The third-order valence-corrected chi connectivity index (χ3v) is 3.66. The number of thiophene rings is 1. The Labute approximate surface area is 114 Å². The minimum atomic E-state index is -0.417.